The Balaban J connectivity index is 2.44. The number of β-amino-alcohol motifs (C(OH)–C–C–N with tert-alkyl or cyclic N) is 1. The van der Waals surface area contributed by atoms with E-state index in [0.29, 0.717) is 13.1 Å². The van der Waals surface area contributed by atoms with Crippen LogP contribution in [0.1, 0.15) is 41.0 Å². The summed E-state index contributed by atoms with van der Waals surface area (Å²) >= 11 is 0. The molecule has 94 valence electrons. The molecule has 4 nitrogen and oxygen atoms in total. The Hall–Kier alpha value is -0.770. The normalized spacial score (nSPS) is 21.2. The smallest absolute Gasteiger partial charge is 0.410 e. The zero-order valence-corrected chi connectivity index (χ0v) is 10.9. The van der Waals surface area contributed by atoms with Crippen molar-refractivity contribution in [2.45, 2.75) is 52.2 Å². The van der Waals surface area contributed by atoms with Crippen LogP contribution >= 0.6 is 0 Å². The first-order valence-corrected chi connectivity index (χ1v) is 5.88. The molecule has 0 aromatic carbocycles. The molecular formula is C12H23NO3. The Morgan fingerprint density at radius 1 is 1.50 bits per heavy atom. The summed E-state index contributed by atoms with van der Waals surface area (Å²) in [7, 11) is 0. The number of ether oxygens (including phenoxy) is 1. The molecule has 1 fully saturated rings. The van der Waals surface area contributed by atoms with Crippen LogP contribution in [-0.2, 0) is 4.74 Å². The monoisotopic (exact) mass is 229 g/mol. The number of carbonyl (C=O) groups is 1. The molecule has 0 aromatic heterocycles. The second-order valence-electron chi connectivity index (χ2n) is 5.75. The van der Waals surface area contributed by atoms with E-state index in [9.17, 15) is 9.90 Å². The van der Waals surface area contributed by atoms with E-state index < -0.39 is 11.2 Å². The van der Waals surface area contributed by atoms with E-state index in [0.717, 1.165) is 6.42 Å². The lowest BCUT2D eigenvalue weighted by Crippen LogP contribution is -2.66. The Morgan fingerprint density at radius 3 is 2.38 bits per heavy atom. The van der Waals surface area contributed by atoms with Crippen LogP contribution in [0.5, 0.6) is 0 Å². The number of nitrogens with zero attached hydrogens (tertiary/aromatic N) is 1. The van der Waals surface area contributed by atoms with Crippen LogP contribution in [0.15, 0.2) is 0 Å². The molecule has 0 bridgehead atoms. The second-order valence-corrected chi connectivity index (χ2v) is 5.75. The zero-order chi connectivity index (χ0) is 12.6. The highest BCUT2D eigenvalue weighted by Gasteiger charge is 2.47. The van der Waals surface area contributed by atoms with Crippen molar-refractivity contribution in [3.05, 3.63) is 0 Å². The van der Waals surface area contributed by atoms with Gasteiger partial charge in [0, 0.05) is 0 Å². The molecule has 0 spiro atoms. The van der Waals surface area contributed by atoms with Crippen molar-refractivity contribution in [1.29, 1.82) is 0 Å². The van der Waals surface area contributed by atoms with Gasteiger partial charge in [-0.2, -0.15) is 0 Å². The SMILES string of the molecule is CCC(C)C1(O)CN(C(=O)OC(C)(C)C)C1. The summed E-state index contributed by atoms with van der Waals surface area (Å²) in [6.45, 7) is 10.3. The highest BCUT2D eigenvalue weighted by atomic mass is 16.6. The predicted octanol–water partition coefficient (Wildman–Crippen LogP) is 2.01. The minimum absolute atomic E-state index is 0.214. The lowest BCUT2D eigenvalue weighted by molar-refractivity contribution is -0.128. The third-order valence-corrected chi connectivity index (χ3v) is 3.11. The molecule has 1 amide bonds. The summed E-state index contributed by atoms with van der Waals surface area (Å²) in [6.07, 6.45) is 0.582. The Kier molecular flexibility index (Phi) is 3.53. The fraction of sp³-hybridized carbons (Fsp3) is 0.917. The maximum atomic E-state index is 11.6. The first-order valence-electron chi connectivity index (χ1n) is 5.88. The molecule has 1 atom stereocenters. The molecule has 1 saturated heterocycles. The molecule has 1 aliphatic heterocycles. The van der Waals surface area contributed by atoms with E-state index >= 15 is 0 Å². The first-order chi connectivity index (χ1) is 7.18. The average molecular weight is 229 g/mol. The van der Waals surface area contributed by atoms with E-state index in [2.05, 4.69) is 0 Å². The third kappa shape index (κ3) is 2.88. The summed E-state index contributed by atoms with van der Waals surface area (Å²) in [5.74, 6) is 0.214. The quantitative estimate of drug-likeness (QED) is 0.788. The maximum absolute atomic E-state index is 11.6. The first kappa shape index (κ1) is 13.3. The molecule has 1 aliphatic rings. The second kappa shape index (κ2) is 4.24. The van der Waals surface area contributed by atoms with Crippen molar-refractivity contribution in [1.82, 2.24) is 4.90 Å². The molecule has 0 saturated carbocycles. The van der Waals surface area contributed by atoms with Gasteiger partial charge in [-0.1, -0.05) is 20.3 Å². The summed E-state index contributed by atoms with van der Waals surface area (Å²) in [4.78, 5) is 13.2. The van der Waals surface area contributed by atoms with Crippen LogP contribution in [0.4, 0.5) is 4.79 Å². The topological polar surface area (TPSA) is 49.8 Å². The van der Waals surface area contributed by atoms with E-state index in [-0.39, 0.29) is 12.0 Å². The molecule has 1 N–H and O–H groups in total. The lowest BCUT2D eigenvalue weighted by atomic mass is 9.81. The summed E-state index contributed by atoms with van der Waals surface area (Å²) < 4.78 is 5.22. The van der Waals surface area contributed by atoms with Crippen molar-refractivity contribution in [3.8, 4) is 0 Å². The Labute approximate surface area is 97.6 Å². The highest BCUT2D eigenvalue weighted by molar-refractivity contribution is 5.69. The van der Waals surface area contributed by atoms with Crippen LogP contribution < -0.4 is 0 Å². The van der Waals surface area contributed by atoms with Gasteiger partial charge in [-0.05, 0) is 26.7 Å². The molecule has 1 heterocycles. The lowest BCUT2D eigenvalue weighted by Gasteiger charge is -2.49. The van der Waals surface area contributed by atoms with E-state index in [4.69, 9.17) is 4.74 Å². The summed E-state index contributed by atoms with van der Waals surface area (Å²) in [5.41, 5.74) is -1.19. The number of aliphatic hydroxyl groups is 1. The standard InChI is InChI=1S/C12H23NO3/c1-6-9(2)12(15)7-13(8-12)10(14)16-11(3,4)5/h9,15H,6-8H2,1-5H3. The Bertz CT molecular complexity index is 264. The number of hydrogen-bond acceptors (Lipinski definition) is 3. The predicted molar refractivity (Wildman–Crippen MR) is 62.2 cm³/mol. The fourth-order valence-electron chi connectivity index (χ4n) is 1.76. The number of hydrogen-bond donors (Lipinski definition) is 1. The summed E-state index contributed by atoms with van der Waals surface area (Å²) in [5, 5.41) is 10.1. The van der Waals surface area contributed by atoms with Crippen molar-refractivity contribution in [2.75, 3.05) is 13.1 Å². The molecule has 0 radical (unpaired) electrons. The van der Waals surface area contributed by atoms with Gasteiger partial charge in [0.25, 0.3) is 0 Å². The van der Waals surface area contributed by atoms with Crippen LogP contribution in [0, 0.1) is 5.92 Å². The molecule has 16 heavy (non-hydrogen) atoms. The van der Waals surface area contributed by atoms with Gasteiger partial charge in [-0.15, -0.1) is 0 Å². The number of carbonyl (C=O) groups excluding carboxylic acids is 1. The van der Waals surface area contributed by atoms with Gasteiger partial charge in [-0.25, -0.2) is 4.79 Å². The molecule has 1 unspecified atom stereocenters. The van der Waals surface area contributed by atoms with Crippen molar-refractivity contribution in [2.24, 2.45) is 5.92 Å². The molecular weight excluding hydrogens is 206 g/mol. The highest BCUT2D eigenvalue weighted by Crippen LogP contribution is 2.31. The van der Waals surface area contributed by atoms with E-state index in [1.54, 1.807) is 4.90 Å². The minimum atomic E-state index is -0.717. The van der Waals surface area contributed by atoms with Crippen molar-refractivity contribution in [3.63, 3.8) is 0 Å². The van der Waals surface area contributed by atoms with Crippen LogP contribution in [-0.4, -0.2) is 40.4 Å². The maximum Gasteiger partial charge on any atom is 0.410 e. The fourth-order valence-corrected chi connectivity index (χ4v) is 1.76. The Morgan fingerprint density at radius 2 is 2.00 bits per heavy atom. The molecule has 1 rings (SSSR count). The molecule has 0 aliphatic carbocycles. The third-order valence-electron chi connectivity index (χ3n) is 3.11. The van der Waals surface area contributed by atoms with Crippen LogP contribution in [0.25, 0.3) is 0 Å². The van der Waals surface area contributed by atoms with Crippen LogP contribution in [0.3, 0.4) is 0 Å². The van der Waals surface area contributed by atoms with Gasteiger partial charge in [0.15, 0.2) is 0 Å². The zero-order valence-electron chi connectivity index (χ0n) is 10.9. The molecule has 4 heteroatoms. The van der Waals surface area contributed by atoms with Crippen LogP contribution in [0.2, 0.25) is 0 Å². The number of rotatable bonds is 2. The van der Waals surface area contributed by atoms with Gasteiger partial charge >= 0.3 is 6.09 Å². The molecule has 0 aromatic rings. The van der Waals surface area contributed by atoms with Crippen molar-refractivity contribution >= 4 is 6.09 Å². The van der Waals surface area contributed by atoms with Gasteiger partial charge in [-0.3, -0.25) is 0 Å². The number of likely N-dealkylation sites (tertiary alicyclic amines) is 1. The minimum Gasteiger partial charge on any atom is -0.444 e. The van der Waals surface area contributed by atoms with Gasteiger partial charge in [0.05, 0.1) is 13.1 Å². The van der Waals surface area contributed by atoms with Gasteiger partial charge in [0.2, 0.25) is 0 Å². The number of amides is 1. The van der Waals surface area contributed by atoms with Gasteiger partial charge in [0.1, 0.15) is 11.2 Å². The summed E-state index contributed by atoms with van der Waals surface area (Å²) in [6, 6.07) is 0. The average Bonchev–Trinajstić information content (AvgIpc) is 2.08. The van der Waals surface area contributed by atoms with Gasteiger partial charge < -0.3 is 14.7 Å². The van der Waals surface area contributed by atoms with E-state index in [1.165, 1.54) is 0 Å². The largest absolute Gasteiger partial charge is 0.444 e. The van der Waals surface area contributed by atoms with E-state index in [1.807, 2.05) is 34.6 Å². The van der Waals surface area contributed by atoms with Crippen molar-refractivity contribution < 1.29 is 14.6 Å².